The van der Waals surface area contributed by atoms with Gasteiger partial charge in [0.25, 0.3) is 5.91 Å². The lowest BCUT2D eigenvalue weighted by molar-refractivity contribution is -0.144. The van der Waals surface area contributed by atoms with E-state index >= 15 is 0 Å². The first kappa shape index (κ1) is 22.3. The molecule has 2 aromatic heterocycles. The van der Waals surface area contributed by atoms with Crippen molar-refractivity contribution >= 4 is 57.5 Å². The Kier molecular flexibility index (Phi) is 6.45. The van der Waals surface area contributed by atoms with Crippen LogP contribution < -0.4 is 4.74 Å². The number of methoxy groups -OCH3 is 1. The average Bonchev–Trinajstić information content (AvgIpc) is 3.32. The maximum Gasteiger partial charge on any atom is 0.310 e. The van der Waals surface area contributed by atoms with Crippen LogP contribution in [0.15, 0.2) is 42.5 Å². The number of benzene rings is 2. The van der Waals surface area contributed by atoms with Gasteiger partial charge in [0.15, 0.2) is 0 Å². The number of carbonyl (C=O) groups is 2. The molecule has 4 aromatic rings. The summed E-state index contributed by atoms with van der Waals surface area (Å²) in [5.74, 6) is -0.0872. The maximum absolute atomic E-state index is 13.3. The van der Waals surface area contributed by atoms with Gasteiger partial charge in [0.05, 0.1) is 19.0 Å². The largest absolute Gasteiger partial charge is 0.497 e. The summed E-state index contributed by atoms with van der Waals surface area (Å²) in [4.78, 5) is 25.9. The minimum Gasteiger partial charge on any atom is -0.497 e. The Balaban J connectivity index is 1.70. The fourth-order valence-corrected chi connectivity index (χ4v) is 4.15. The minimum absolute atomic E-state index is 0.0361. The molecule has 0 bridgehead atoms. The van der Waals surface area contributed by atoms with Gasteiger partial charge in [-0.05, 0) is 55.0 Å². The van der Waals surface area contributed by atoms with Crippen LogP contribution >= 0.6 is 34.7 Å². The second-order valence-electron chi connectivity index (χ2n) is 6.93. The molecule has 0 fully saturated rings. The maximum atomic E-state index is 13.3. The van der Waals surface area contributed by atoms with Crippen molar-refractivity contribution in [1.29, 1.82) is 0 Å². The summed E-state index contributed by atoms with van der Waals surface area (Å²) in [5.41, 5.74) is 2.86. The van der Waals surface area contributed by atoms with Gasteiger partial charge in [-0.2, -0.15) is 0 Å². The monoisotopic (exact) mass is 489 g/mol. The van der Waals surface area contributed by atoms with Gasteiger partial charge in [0, 0.05) is 33.2 Å². The first-order valence-corrected chi connectivity index (χ1v) is 11.0. The number of aromatic nitrogens is 3. The highest BCUT2D eigenvalue weighted by atomic mass is 35.5. The first-order valence-electron chi connectivity index (χ1n) is 9.49. The van der Waals surface area contributed by atoms with Crippen molar-refractivity contribution in [1.82, 2.24) is 14.2 Å². The number of halogens is 2. The Morgan fingerprint density at radius 1 is 1.12 bits per heavy atom. The highest BCUT2D eigenvalue weighted by molar-refractivity contribution is 7.10. The van der Waals surface area contributed by atoms with E-state index < -0.39 is 5.97 Å². The number of hydrogen-bond donors (Lipinski definition) is 0. The topological polar surface area (TPSA) is 83.3 Å². The Bertz CT molecular complexity index is 1310. The second kappa shape index (κ2) is 9.28. The van der Waals surface area contributed by atoms with E-state index in [0.717, 1.165) is 16.9 Å². The third-order valence-corrected chi connectivity index (χ3v) is 6.27. The lowest BCUT2D eigenvalue weighted by atomic mass is 10.1. The van der Waals surface area contributed by atoms with Gasteiger partial charge < -0.3 is 9.47 Å². The van der Waals surface area contributed by atoms with Crippen molar-refractivity contribution in [2.45, 2.75) is 20.0 Å². The molecule has 2 heterocycles. The SMILES string of the molecule is COc1ccc2c(c1)c(CC(=O)OCc1nnsc1Cl)c(C)n2C(=O)c1ccc(Cl)cc1. The van der Waals surface area contributed by atoms with Crippen molar-refractivity contribution in [2.75, 3.05) is 7.11 Å². The van der Waals surface area contributed by atoms with E-state index in [1.165, 1.54) is 0 Å². The first-order chi connectivity index (χ1) is 15.4. The summed E-state index contributed by atoms with van der Waals surface area (Å²) in [6, 6.07) is 12.0. The van der Waals surface area contributed by atoms with Gasteiger partial charge in [0.1, 0.15) is 22.4 Å². The van der Waals surface area contributed by atoms with Crippen LogP contribution in [0.1, 0.15) is 27.3 Å². The van der Waals surface area contributed by atoms with E-state index in [1.807, 2.05) is 0 Å². The van der Waals surface area contributed by atoms with Gasteiger partial charge in [-0.3, -0.25) is 14.2 Å². The fraction of sp³-hybridized carbons (Fsp3) is 0.182. The summed E-state index contributed by atoms with van der Waals surface area (Å²) in [5, 5.41) is 5.11. The molecule has 0 atom stereocenters. The van der Waals surface area contributed by atoms with Crippen LogP contribution in [0.25, 0.3) is 10.9 Å². The second-order valence-corrected chi connectivity index (χ2v) is 8.72. The number of hydrogen-bond acceptors (Lipinski definition) is 7. The third-order valence-electron chi connectivity index (χ3n) is 5.04. The summed E-state index contributed by atoms with van der Waals surface area (Å²) in [7, 11) is 1.56. The predicted molar refractivity (Wildman–Crippen MR) is 123 cm³/mol. The molecule has 0 amide bonds. The zero-order chi connectivity index (χ0) is 22.8. The molecule has 0 saturated carbocycles. The lowest BCUT2D eigenvalue weighted by Gasteiger charge is -2.08. The van der Waals surface area contributed by atoms with Crippen molar-refractivity contribution in [3.05, 3.63) is 74.3 Å². The number of nitrogens with zero attached hydrogens (tertiary/aromatic N) is 3. The summed E-state index contributed by atoms with van der Waals surface area (Å²) >= 11 is 12.9. The lowest BCUT2D eigenvalue weighted by Crippen LogP contribution is -2.14. The number of esters is 1. The number of rotatable bonds is 6. The highest BCUT2D eigenvalue weighted by Gasteiger charge is 2.23. The Labute approximate surface area is 197 Å². The summed E-state index contributed by atoms with van der Waals surface area (Å²) in [6.07, 6.45) is -0.0361. The van der Waals surface area contributed by atoms with Crippen LogP contribution in [-0.4, -0.2) is 33.1 Å². The standard InChI is InChI=1S/C22H17Cl2N3O4S/c1-12-16(10-20(28)31-11-18-21(24)32-26-25-18)17-9-15(30-2)7-8-19(17)27(12)22(29)13-3-5-14(23)6-4-13/h3-9H,10-11H2,1-2H3. The van der Waals surface area contributed by atoms with Crippen molar-refractivity contribution in [3.8, 4) is 5.75 Å². The van der Waals surface area contributed by atoms with Gasteiger partial charge in [-0.15, -0.1) is 5.10 Å². The molecule has 0 N–H and O–H groups in total. The van der Waals surface area contributed by atoms with Crippen LogP contribution in [0.2, 0.25) is 9.36 Å². The van der Waals surface area contributed by atoms with E-state index in [2.05, 4.69) is 9.59 Å². The Morgan fingerprint density at radius 2 is 1.88 bits per heavy atom. The van der Waals surface area contributed by atoms with Crippen LogP contribution in [0.5, 0.6) is 5.75 Å². The molecular weight excluding hydrogens is 473 g/mol. The molecular formula is C22H17Cl2N3O4S. The highest BCUT2D eigenvalue weighted by Crippen LogP contribution is 2.31. The van der Waals surface area contributed by atoms with Gasteiger partial charge in [0.2, 0.25) is 0 Å². The molecule has 0 unspecified atom stereocenters. The van der Waals surface area contributed by atoms with Crippen molar-refractivity contribution < 1.29 is 19.1 Å². The van der Waals surface area contributed by atoms with E-state index in [1.54, 1.807) is 61.1 Å². The fourth-order valence-electron chi connectivity index (χ4n) is 3.42. The molecule has 2 aromatic carbocycles. The Hall–Kier alpha value is -2.94. The number of fused-ring (bicyclic) bond motifs is 1. The van der Waals surface area contributed by atoms with Crippen LogP contribution in [0.3, 0.4) is 0 Å². The molecule has 32 heavy (non-hydrogen) atoms. The average molecular weight is 490 g/mol. The smallest absolute Gasteiger partial charge is 0.310 e. The predicted octanol–water partition coefficient (Wildman–Crippen LogP) is 5.09. The van der Waals surface area contributed by atoms with Crippen molar-refractivity contribution in [2.24, 2.45) is 0 Å². The third kappa shape index (κ3) is 4.34. The van der Waals surface area contributed by atoms with Crippen molar-refractivity contribution in [3.63, 3.8) is 0 Å². The molecule has 0 aliphatic heterocycles. The molecule has 0 radical (unpaired) electrons. The van der Waals surface area contributed by atoms with E-state index in [0.29, 0.717) is 43.1 Å². The molecule has 10 heteroatoms. The van der Waals surface area contributed by atoms with Crippen LogP contribution in [-0.2, 0) is 22.6 Å². The molecule has 7 nitrogen and oxygen atoms in total. The van der Waals surface area contributed by atoms with E-state index in [-0.39, 0.29) is 18.9 Å². The van der Waals surface area contributed by atoms with Crippen LogP contribution in [0, 0.1) is 6.92 Å². The summed E-state index contributed by atoms with van der Waals surface area (Å²) in [6.45, 7) is 1.73. The van der Waals surface area contributed by atoms with Gasteiger partial charge in [-0.25, -0.2) is 0 Å². The zero-order valence-electron chi connectivity index (χ0n) is 17.1. The van der Waals surface area contributed by atoms with Crippen LogP contribution in [0.4, 0.5) is 0 Å². The zero-order valence-corrected chi connectivity index (χ0v) is 19.4. The number of carbonyl (C=O) groups excluding carboxylic acids is 2. The quantitative estimate of drug-likeness (QED) is 0.350. The van der Waals surface area contributed by atoms with E-state index in [9.17, 15) is 9.59 Å². The summed E-state index contributed by atoms with van der Waals surface area (Å²) < 4.78 is 16.4. The molecule has 164 valence electrons. The normalized spacial score (nSPS) is 11.0. The minimum atomic E-state index is -0.474. The molecule has 4 rings (SSSR count). The Morgan fingerprint density at radius 3 is 2.53 bits per heavy atom. The van der Waals surface area contributed by atoms with Gasteiger partial charge >= 0.3 is 5.97 Å². The number of ether oxygens (including phenoxy) is 2. The molecule has 0 spiro atoms. The molecule has 0 aliphatic rings. The molecule has 0 saturated heterocycles. The van der Waals surface area contributed by atoms with Gasteiger partial charge in [-0.1, -0.05) is 27.7 Å². The van der Waals surface area contributed by atoms with E-state index in [4.69, 9.17) is 32.7 Å². The molecule has 0 aliphatic carbocycles.